The lowest BCUT2D eigenvalue weighted by atomic mass is 10.0. The molecule has 1 N–H and O–H groups in total. The highest BCUT2D eigenvalue weighted by atomic mass is 19.1. The van der Waals surface area contributed by atoms with Gasteiger partial charge in [-0.2, -0.15) is 5.26 Å². The van der Waals surface area contributed by atoms with E-state index in [1.165, 1.54) is 23.3 Å². The average Bonchev–Trinajstić information content (AvgIpc) is 2.39. The minimum absolute atomic E-state index is 0.0640. The van der Waals surface area contributed by atoms with Gasteiger partial charge in [-0.25, -0.2) is 4.39 Å². The fraction of sp³-hybridized carbons (Fsp3) is 0.188. The maximum atomic E-state index is 13.5. The van der Waals surface area contributed by atoms with Crippen molar-refractivity contribution < 1.29 is 4.39 Å². The minimum atomic E-state index is -0.496. The van der Waals surface area contributed by atoms with Crippen molar-refractivity contribution in [1.82, 2.24) is 0 Å². The van der Waals surface area contributed by atoms with Crippen LogP contribution in [0, 0.1) is 24.1 Å². The molecule has 0 aliphatic rings. The van der Waals surface area contributed by atoms with Crippen LogP contribution in [0.2, 0.25) is 0 Å². The van der Waals surface area contributed by atoms with Gasteiger partial charge in [0.25, 0.3) is 0 Å². The molecule has 0 saturated heterocycles. The van der Waals surface area contributed by atoms with E-state index in [4.69, 9.17) is 5.26 Å². The first-order valence-electron chi connectivity index (χ1n) is 6.13. The molecule has 2 aromatic rings. The highest BCUT2D eigenvalue weighted by Gasteiger charge is 2.09. The molecule has 1 unspecified atom stereocenters. The van der Waals surface area contributed by atoms with Gasteiger partial charge in [0.1, 0.15) is 11.9 Å². The minimum Gasteiger partial charge on any atom is -0.378 e. The predicted molar refractivity (Wildman–Crippen MR) is 74.3 cm³/mol. The lowest BCUT2D eigenvalue weighted by Crippen LogP contribution is -2.08. The number of rotatable bonds is 3. The molecule has 0 bridgehead atoms. The lowest BCUT2D eigenvalue weighted by molar-refractivity contribution is 0.624. The Morgan fingerprint density at radius 3 is 2.58 bits per heavy atom. The van der Waals surface area contributed by atoms with E-state index in [2.05, 4.69) is 5.32 Å². The van der Waals surface area contributed by atoms with Crippen LogP contribution < -0.4 is 5.32 Å². The van der Waals surface area contributed by atoms with Crippen LogP contribution in [-0.4, -0.2) is 0 Å². The molecule has 2 aromatic carbocycles. The standard InChI is InChI=1S/C16H15FN2/c1-11-5-3-4-6-15(11)12(2)19-14-8-7-13(10-18)16(17)9-14/h3-9,12,19H,1-2H3. The van der Waals surface area contributed by atoms with Crippen molar-refractivity contribution in [3.05, 3.63) is 65.0 Å². The van der Waals surface area contributed by atoms with Crippen LogP contribution >= 0.6 is 0 Å². The highest BCUT2D eigenvalue weighted by molar-refractivity contribution is 5.50. The molecule has 0 aliphatic heterocycles. The van der Waals surface area contributed by atoms with Gasteiger partial charge >= 0.3 is 0 Å². The number of nitrogens with zero attached hydrogens (tertiary/aromatic N) is 1. The Bertz CT molecular complexity index is 629. The molecular formula is C16H15FN2. The van der Waals surface area contributed by atoms with Crippen LogP contribution in [-0.2, 0) is 0 Å². The van der Waals surface area contributed by atoms with E-state index in [-0.39, 0.29) is 11.6 Å². The summed E-state index contributed by atoms with van der Waals surface area (Å²) in [6.07, 6.45) is 0. The summed E-state index contributed by atoms with van der Waals surface area (Å²) in [5.74, 6) is -0.496. The van der Waals surface area contributed by atoms with Crippen molar-refractivity contribution in [2.75, 3.05) is 5.32 Å². The molecule has 0 radical (unpaired) electrons. The van der Waals surface area contributed by atoms with Crippen molar-refractivity contribution in [1.29, 1.82) is 5.26 Å². The van der Waals surface area contributed by atoms with Gasteiger partial charge in [0.15, 0.2) is 0 Å². The highest BCUT2D eigenvalue weighted by Crippen LogP contribution is 2.23. The molecule has 0 saturated carbocycles. The number of nitrogens with one attached hydrogen (secondary N) is 1. The van der Waals surface area contributed by atoms with E-state index in [0.29, 0.717) is 5.69 Å². The third-order valence-corrected chi connectivity index (χ3v) is 3.13. The molecule has 2 nitrogen and oxygen atoms in total. The van der Waals surface area contributed by atoms with Gasteiger partial charge in [0, 0.05) is 11.7 Å². The first kappa shape index (κ1) is 13.1. The summed E-state index contributed by atoms with van der Waals surface area (Å²) in [4.78, 5) is 0. The first-order chi connectivity index (χ1) is 9.11. The van der Waals surface area contributed by atoms with Gasteiger partial charge < -0.3 is 5.32 Å². The maximum absolute atomic E-state index is 13.5. The summed E-state index contributed by atoms with van der Waals surface area (Å²) < 4.78 is 13.5. The van der Waals surface area contributed by atoms with Crippen molar-refractivity contribution in [3.63, 3.8) is 0 Å². The molecule has 96 valence electrons. The topological polar surface area (TPSA) is 35.8 Å². The molecule has 2 rings (SSSR count). The Labute approximate surface area is 112 Å². The molecular weight excluding hydrogens is 239 g/mol. The zero-order valence-corrected chi connectivity index (χ0v) is 10.9. The Morgan fingerprint density at radius 1 is 1.21 bits per heavy atom. The third kappa shape index (κ3) is 2.92. The number of anilines is 1. The zero-order valence-electron chi connectivity index (χ0n) is 10.9. The van der Waals surface area contributed by atoms with Crippen LogP contribution in [0.4, 0.5) is 10.1 Å². The largest absolute Gasteiger partial charge is 0.378 e. The normalized spacial score (nSPS) is 11.7. The Balaban J connectivity index is 2.20. The fourth-order valence-electron chi connectivity index (χ4n) is 2.10. The molecule has 0 aliphatic carbocycles. The van der Waals surface area contributed by atoms with E-state index in [9.17, 15) is 4.39 Å². The van der Waals surface area contributed by atoms with Crippen LogP contribution in [0.15, 0.2) is 42.5 Å². The Kier molecular flexibility index (Phi) is 3.82. The number of hydrogen-bond donors (Lipinski definition) is 1. The average molecular weight is 254 g/mol. The summed E-state index contributed by atoms with van der Waals surface area (Å²) in [6, 6.07) is 14.5. The molecule has 0 amide bonds. The fourth-order valence-corrected chi connectivity index (χ4v) is 2.10. The van der Waals surface area contributed by atoms with Gasteiger partial charge in [0.2, 0.25) is 0 Å². The second kappa shape index (κ2) is 5.53. The van der Waals surface area contributed by atoms with E-state index in [1.807, 2.05) is 44.2 Å². The summed E-state index contributed by atoms with van der Waals surface area (Å²) in [5.41, 5.74) is 3.10. The van der Waals surface area contributed by atoms with Crippen LogP contribution in [0.5, 0.6) is 0 Å². The van der Waals surface area contributed by atoms with E-state index >= 15 is 0 Å². The van der Waals surface area contributed by atoms with Crippen molar-refractivity contribution in [2.24, 2.45) is 0 Å². The molecule has 19 heavy (non-hydrogen) atoms. The Morgan fingerprint density at radius 2 is 1.95 bits per heavy atom. The second-order valence-electron chi connectivity index (χ2n) is 4.53. The third-order valence-electron chi connectivity index (χ3n) is 3.13. The lowest BCUT2D eigenvalue weighted by Gasteiger charge is -2.18. The summed E-state index contributed by atoms with van der Waals surface area (Å²) in [7, 11) is 0. The van der Waals surface area contributed by atoms with Crippen LogP contribution in [0.25, 0.3) is 0 Å². The van der Waals surface area contributed by atoms with Gasteiger partial charge in [0.05, 0.1) is 5.56 Å². The predicted octanol–water partition coefficient (Wildman–Crippen LogP) is 4.18. The number of halogens is 1. The molecule has 3 heteroatoms. The molecule has 0 aromatic heterocycles. The van der Waals surface area contributed by atoms with E-state index in [1.54, 1.807) is 6.07 Å². The van der Waals surface area contributed by atoms with Gasteiger partial charge in [-0.05, 0) is 43.2 Å². The number of nitriles is 1. The summed E-state index contributed by atoms with van der Waals surface area (Å²) in [5, 5.41) is 11.9. The van der Waals surface area contributed by atoms with E-state index in [0.717, 1.165) is 0 Å². The summed E-state index contributed by atoms with van der Waals surface area (Å²) >= 11 is 0. The summed E-state index contributed by atoms with van der Waals surface area (Å²) in [6.45, 7) is 4.07. The quantitative estimate of drug-likeness (QED) is 0.891. The molecule has 1 atom stereocenters. The number of benzene rings is 2. The van der Waals surface area contributed by atoms with Crippen molar-refractivity contribution >= 4 is 5.69 Å². The number of aryl methyl sites for hydroxylation is 1. The molecule has 0 spiro atoms. The van der Waals surface area contributed by atoms with Crippen LogP contribution in [0.1, 0.15) is 29.7 Å². The van der Waals surface area contributed by atoms with Crippen molar-refractivity contribution in [2.45, 2.75) is 19.9 Å². The van der Waals surface area contributed by atoms with Crippen LogP contribution in [0.3, 0.4) is 0 Å². The van der Waals surface area contributed by atoms with Gasteiger partial charge in [-0.3, -0.25) is 0 Å². The molecule has 0 fully saturated rings. The van der Waals surface area contributed by atoms with Gasteiger partial charge in [-0.15, -0.1) is 0 Å². The second-order valence-corrected chi connectivity index (χ2v) is 4.53. The smallest absolute Gasteiger partial charge is 0.143 e. The van der Waals surface area contributed by atoms with Gasteiger partial charge in [-0.1, -0.05) is 24.3 Å². The monoisotopic (exact) mass is 254 g/mol. The zero-order chi connectivity index (χ0) is 13.8. The first-order valence-corrected chi connectivity index (χ1v) is 6.13. The Hall–Kier alpha value is -2.34. The maximum Gasteiger partial charge on any atom is 0.143 e. The van der Waals surface area contributed by atoms with E-state index < -0.39 is 5.82 Å². The van der Waals surface area contributed by atoms with Crippen molar-refractivity contribution in [3.8, 4) is 6.07 Å². The number of hydrogen-bond acceptors (Lipinski definition) is 2. The SMILES string of the molecule is Cc1ccccc1C(C)Nc1ccc(C#N)c(F)c1. The molecule has 0 heterocycles.